The Morgan fingerprint density at radius 2 is 1.57 bits per heavy atom. The molecule has 0 spiro atoms. The molecule has 8 heteroatoms. The number of amides is 2. The first-order chi connectivity index (χ1) is 18.0. The molecule has 6 rings (SSSR count). The second-order valence-corrected chi connectivity index (χ2v) is 9.87. The third kappa shape index (κ3) is 3.65. The molecule has 0 saturated carbocycles. The molecule has 182 valence electrons. The Labute approximate surface area is 216 Å². The number of benzene rings is 3. The summed E-state index contributed by atoms with van der Waals surface area (Å²) in [6.45, 7) is 1.78. The molecule has 0 unspecified atom stereocenters. The summed E-state index contributed by atoms with van der Waals surface area (Å²) >= 11 is 1.18. The second-order valence-electron chi connectivity index (χ2n) is 8.89. The molecule has 2 amide bonds. The summed E-state index contributed by atoms with van der Waals surface area (Å²) < 4.78 is 1.86. The standard InChI is InChI=1S/C29H22N4O3S/c1-17-22(26(34)31-19-13-7-4-8-14-19)24(18-11-5-3-6-12-18)33-28(36)25(37-29(33)30-17)23-20-15-9-10-16-21(20)32(2)27(23)35/h3-16,24H,1-2H3,(H,31,34)/b25-23-/t24-/m0/s1. The molecule has 2 aliphatic heterocycles. The molecule has 0 aliphatic carbocycles. The summed E-state index contributed by atoms with van der Waals surface area (Å²) in [5, 5.41) is 2.95. The zero-order valence-corrected chi connectivity index (χ0v) is 21.0. The Morgan fingerprint density at radius 1 is 0.919 bits per heavy atom. The van der Waals surface area contributed by atoms with Crippen molar-refractivity contribution in [1.82, 2.24) is 4.57 Å². The molecule has 0 bridgehead atoms. The highest BCUT2D eigenvalue weighted by Gasteiger charge is 2.35. The summed E-state index contributed by atoms with van der Waals surface area (Å²) in [4.78, 5) is 47.6. The second kappa shape index (κ2) is 8.83. The van der Waals surface area contributed by atoms with Gasteiger partial charge in [0.2, 0.25) is 0 Å². The first kappa shape index (κ1) is 22.9. The lowest BCUT2D eigenvalue weighted by Gasteiger charge is -2.25. The van der Waals surface area contributed by atoms with E-state index in [1.54, 1.807) is 23.4 Å². The van der Waals surface area contributed by atoms with Crippen LogP contribution in [0.15, 0.2) is 106 Å². The van der Waals surface area contributed by atoms with Crippen LogP contribution in [0.3, 0.4) is 0 Å². The molecule has 1 atom stereocenters. The van der Waals surface area contributed by atoms with Crippen molar-refractivity contribution in [3.8, 4) is 0 Å². The summed E-state index contributed by atoms with van der Waals surface area (Å²) in [6, 6.07) is 25.3. The molecule has 1 aromatic heterocycles. The van der Waals surface area contributed by atoms with Gasteiger partial charge in [-0.2, -0.15) is 0 Å². The van der Waals surface area contributed by atoms with Crippen LogP contribution in [0, 0.1) is 0 Å². The zero-order chi connectivity index (χ0) is 25.7. The van der Waals surface area contributed by atoms with E-state index < -0.39 is 6.04 Å². The number of fused-ring (bicyclic) bond motifs is 2. The van der Waals surface area contributed by atoms with Crippen LogP contribution in [-0.2, 0) is 9.59 Å². The van der Waals surface area contributed by atoms with Gasteiger partial charge in [0.25, 0.3) is 17.4 Å². The average Bonchev–Trinajstić information content (AvgIpc) is 3.36. The van der Waals surface area contributed by atoms with Gasteiger partial charge < -0.3 is 10.2 Å². The van der Waals surface area contributed by atoms with Crippen LogP contribution in [0.25, 0.3) is 5.57 Å². The van der Waals surface area contributed by atoms with Crippen LogP contribution < -0.4 is 25.1 Å². The number of likely N-dealkylation sites (N-methyl/N-ethyl adjacent to an activating group) is 1. The molecule has 0 saturated heterocycles. The summed E-state index contributed by atoms with van der Waals surface area (Å²) in [5.74, 6) is -0.568. The highest BCUT2D eigenvalue weighted by molar-refractivity contribution is 7.07. The third-order valence-corrected chi connectivity index (χ3v) is 7.72. The van der Waals surface area contributed by atoms with Gasteiger partial charge in [0.05, 0.1) is 28.6 Å². The maximum absolute atomic E-state index is 14.0. The van der Waals surface area contributed by atoms with Gasteiger partial charge in [0.1, 0.15) is 4.53 Å². The van der Waals surface area contributed by atoms with Crippen molar-refractivity contribution in [3.63, 3.8) is 0 Å². The van der Waals surface area contributed by atoms with Gasteiger partial charge in [-0.3, -0.25) is 19.0 Å². The number of nitrogens with zero attached hydrogens (tertiary/aromatic N) is 3. The van der Waals surface area contributed by atoms with E-state index in [-0.39, 0.29) is 17.4 Å². The normalized spacial score (nSPS) is 17.8. The van der Waals surface area contributed by atoms with E-state index >= 15 is 0 Å². The van der Waals surface area contributed by atoms with Gasteiger partial charge in [-0.1, -0.05) is 78.1 Å². The molecular weight excluding hydrogens is 484 g/mol. The minimum Gasteiger partial charge on any atom is -0.322 e. The van der Waals surface area contributed by atoms with Gasteiger partial charge in [0.15, 0.2) is 4.80 Å². The topological polar surface area (TPSA) is 83.8 Å². The SMILES string of the molecule is CC1=C(C(=O)Nc2ccccc2)[C@H](c2ccccc2)n2c(s/c(=C3\C(=O)N(C)c4ccccc43)c2=O)=N1. The fourth-order valence-corrected chi connectivity index (χ4v) is 6.06. The van der Waals surface area contributed by atoms with Crippen LogP contribution in [-0.4, -0.2) is 23.4 Å². The lowest BCUT2D eigenvalue weighted by molar-refractivity contribution is -0.113. The fraction of sp³-hybridized carbons (Fsp3) is 0.103. The van der Waals surface area contributed by atoms with Gasteiger partial charge in [-0.25, -0.2) is 4.99 Å². The van der Waals surface area contributed by atoms with Crippen molar-refractivity contribution in [2.45, 2.75) is 13.0 Å². The number of nitrogens with one attached hydrogen (secondary N) is 1. The number of anilines is 2. The van der Waals surface area contributed by atoms with Crippen molar-refractivity contribution in [1.29, 1.82) is 0 Å². The highest BCUT2D eigenvalue weighted by atomic mass is 32.1. The predicted molar refractivity (Wildman–Crippen MR) is 144 cm³/mol. The van der Waals surface area contributed by atoms with Gasteiger partial charge in [-0.05, 0) is 30.7 Å². The van der Waals surface area contributed by atoms with E-state index in [4.69, 9.17) is 0 Å². The van der Waals surface area contributed by atoms with E-state index in [1.807, 2.05) is 84.9 Å². The van der Waals surface area contributed by atoms with Gasteiger partial charge in [-0.15, -0.1) is 0 Å². The van der Waals surface area contributed by atoms with Crippen LogP contribution in [0.5, 0.6) is 0 Å². The van der Waals surface area contributed by atoms with E-state index in [0.29, 0.717) is 37.4 Å². The van der Waals surface area contributed by atoms with E-state index in [1.165, 1.54) is 11.3 Å². The largest absolute Gasteiger partial charge is 0.322 e. The molecule has 4 aromatic rings. The number of hydrogen-bond donors (Lipinski definition) is 1. The smallest absolute Gasteiger partial charge is 0.271 e. The average molecular weight is 507 g/mol. The van der Waals surface area contributed by atoms with E-state index in [0.717, 1.165) is 11.3 Å². The number of rotatable bonds is 3. The number of carbonyl (C=O) groups is 2. The molecule has 3 aromatic carbocycles. The molecule has 0 radical (unpaired) electrons. The van der Waals surface area contributed by atoms with E-state index in [2.05, 4.69) is 10.3 Å². The Hall–Kier alpha value is -4.56. The minimum absolute atomic E-state index is 0.236. The first-order valence-corrected chi connectivity index (χ1v) is 12.6. The Morgan fingerprint density at radius 3 is 2.30 bits per heavy atom. The minimum atomic E-state index is -0.694. The lowest BCUT2D eigenvalue weighted by Crippen LogP contribution is -2.41. The van der Waals surface area contributed by atoms with Crippen molar-refractivity contribution < 1.29 is 9.59 Å². The lowest BCUT2D eigenvalue weighted by atomic mass is 9.95. The van der Waals surface area contributed by atoms with Crippen molar-refractivity contribution in [3.05, 3.63) is 127 Å². The van der Waals surface area contributed by atoms with E-state index in [9.17, 15) is 14.4 Å². The molecule has 3 heterocycles. The van der Waals surface area contributed by atoms with Crippen molar-refractivity contribution >= 4 is 40.1 Å². The fourth-order valence-electron chi connectivity index (χ4n) is 4.92. The number of para-hydroxylation sites is 2. The van der Waals surface area contributed by atoms with Gasteiger partial charge >= 0.3 is 0 Å². The maximum Gasteiger partial charge on any atom is 0.271 e. The molecule has 7 nitrogen and oxygen atoms in total. The monoisotopic (exact) mass is 506 g/mol. The summed E-state index contributed by atoms with van der Waals surface area (Å²) in [7, 11) is 1.70. The first-order valence-electron chi connectivity index (χ1n) is 11.8. The van der Waals surface area contributed by atoms with Gasteiger partial charge in [0, 0.05) is 18.3 Å². The number of aromatic nitrogens is 1. The number of carbonyl (C=O) groups excluding carboxylic acids is 2. The third-order valence-electron chi connectivity index (χ3n) is 6.67. The Bertz CT molecular complexity index is 1790. The summed E-state index contributed by atoms with van der Waals surface area (Å²) in [6.07, 6.45) is 0. The molecule has 0 fully saturated rings. The molecule has 1 N–H and O–H groups in total. The molecule has 2 aliphatic rings. The predicted octanol–water partition coefficient (Wildman–Crippen LogP) is 3.22. The Balaban J connectivity index is 1.59. The Kier molecular flexibility index (Phi) is 5.46. The van der Waals surface area contributed by atoms with Crippen LogP contribution >= 0.6 is 11.3 Å². The highest BCUT2D eigenvalue weighted by Crippen LogP contribution is 2.34. The number of allylic oxidation sites excluding steroid dienone is 1. The van der Waals surface area contributed by atoms with Crippen LogP contribution in [0.4, 0.5) is 11.4 Å². The maximum atomic E-state index is 14.0. The van der Waals surface area contributed by atoms with Crippen molar-refractivity contribution in [2.24, 2.45) is 4.99 Å². The number of hydrogen-bond acceptors (Lipinski definition) is 5. The molecule has 37 heavy (non-hydrogen) atoms. The van der Waals surface area contributed by atoms with Crippen LogP contribution in [0.2, 0.25) is 0 Å². The van der Waals surface area contributed by atoms with Crippen molar-refractivity contribution in [2.75, 3.05) is 17.3 Å². The zero-order valence-electron chi connectivity index (χ0n) is 20.1. The van der Waals surface area contributed by atoms with Crippen LogP contribution in [0.1, 0.15) is 24.1 Å². The quantitative estimate of drug-likeness (QED) is 0.463. The molecular formula is C29H22N4O3S. The summed E-state index contributed by atoms with van der Waals surface area (Å²) in [5.41, 5.74) is 3.83. The number of thiazole rings is 1.